The minimum atomic E-state index is -0.401. The van der Waals surface area contributed by atoms with Crippen molar-refractivity contribution < 1.29 is 9.26 Å². The third-order valence-electron chi connectivity index (χ3n) is 4.57. The topological polar surface area (TPSA) is 74.2 Å². The Morgan fingerprint density at radius 1 is 1.32 bits per heavy atom. The molecule has 19 heavy (non-hydrogen) atoms. The minimum Gasteiger partial charge on any atom is -0.367 e. The van der Waals surface area contributed by atoms with E-state index in [9.17, 15) is 0 Å². The van der Waals surface area contributed by atoms with E-state index >= 15 is 0 Å². The zero-order valence-electron chi connectivity index (χ0n) is 12.2. The summed E-state index contributed by atoms with van der Waals surface area (Å²) in [7, 11) is 0. The Labute approximate surface area is 114 Å². The van der Waals surface area contributed by atoms with Gasteiger partial charge in [-0.05, 0) is 39.0 Å². The summed E-state index contributed by atoms with van der Waals surface area (Å²) in [6, 6.07) is 0. The monoisotopic (exact) mass is 267 g/mol. The van der Waals surface area contributed by atoms with Crippen LogP contribution in [0, 0.1) is 0 Å². The number of rotatable bonds is 5. The van der Waals surface area contributed by atoms with Gasteiger partial charge in [-0.2, -0.15) is 4.98 Å². The summed E-state index contributed by atoms with van der Waals surface area (Å²) in [5.41, 5.74) is 5.32. The first-order chi connectivity index (χ1) is 9.10. The average molecular weight is 267 g/mol. The quantitative estimate of drug-likeness (QED) is 0.887. The largest absolute Gasteiger partial charge is 0.367 e. The van der Waals surface area contributed by atoms with Crippen LogP contribution in [0.3, 0.4) is 0 Å². The van der Waals surface area contributed by atoms with Gasteiger partial charge in [0.15, 0.2) is 0 Å². The van der Waals surface area contributed by atoms with E-state index in [4.69, 9.17) is 15.0 Å². The van der Waals surface area contributed by atoms with Crippen molar-refractivity contribution in [2.45, 2.75) is 63.9 Å². The highest BCUT2D eigenvalue weighted by molar-refractivity contribution is 5.09. The zero-order chi connectivity index (χ0) is 13.9. The van der Waals surface area contributed by atoms with E-state index in [1.165, 1.54) is 0 Å². The summed E-state index contributed by atoms with van der Waals surface area (Å²) < 4.78 is 11.4. The highest BCUT2D eigenvalue weighted by Gasteiger charge is 2.39. The third-order valence-corrected chi connectivity index (χ3v) is 4.57. The molecule has 2 rings (SSSR count). The van der Waals surface area contributed by atoms with Crippen LogP contribution in [0.15, 0.2) is 4.52 Å². The molecule has 0 bridgehead atoms. The van der Waals surface area contributed by atoms with Crippen molar-refractivity contribution in [3.05, 3.63) is 11.7 Å². The summed E-state index contributed by atoms with van der Waals surface area (Å²) in [5, 5.41) is 4.15. The maximum absolute atomic E-state index is 5.92. The molecule has 1 fully saturated rings. The van der Waals surface area contributed by atoms with Gasteiger partial charge >= 0.3 is 0 Å². The molecule has 1 saturated heterocycles. The second kappa shape index (κ2) is 5.59. The summed E-state index contributed by atoms with van der Waals surface area (Å²) in [6.45, 7) is 7.56. The van der Waals surface area contributed by atoms with Crippen molar-refractivity contribution in [1.82, 2.24) is 10.1 Å². The number of hydrogen-bond acceptors (Lipinski definition) is 5. The van der Waals surface area contributed by atoms with Crippen LogP contribution in [0.4, 0.5) is 0 Å². The number of ether oxygens (including phenoxy) is 1. The van der Waals surface area contributed by atoms with E-state index in [1.54, 1.807) is 0 Å². The molecular formula is C14H25N3O2. The molecule has 1 atom stereocenters. The molecule has 0 spiro atoms. The van der Waals surface area contributed by atoms with Gasteiger partial charge in [-0.25, -0.2) is 0 Å². The van der Waals surface area contributed by atoms with Crippen LogP contribution in [0.2, 0.25) is 0 Å². The van der Waals surface area contributed by atoms with Crippen LogP contribution >= 0.6 is 0 Å². The standard InChI is InChI=1S/C14H25N3O2/c1-4-14(5-2,10-15)12-16-11(17-19-12)13(3)8-6-7-9-18-13/h4-10,15H2,1-3H3. The lowest BCUT2D eigenvalue weighted by molar-refractivity contribution is -0.0770. The molecule has 0 amide bonds. The SMILES string of the molecule is CCC(CC)(CN)c1nc(C2(C)CCCCO2)no1. The van der Waals surface area contributed by atoms with Crippen LogP contribution < -0.4 is 5.73 Å². The van der Waals surface area contributed by atoms with Crippen LogP contribution in [-0.2, 0) is 15.8 Å². The highest BCUT2D eigenvalue weighted by Crippen LogP contribution is 2.35. The van der Waals surface area contributed by atoms with E-state index in [2.05, 4.69) is 24.0 Å². The second-order valence-electron chi connectivity index (χ2n) is 5.65. The molecule has 5 nitrogen and oxygen atoms in total. The molecule has 2 heterocycles. The molecular weight excluding hydrogens is 242 g/mol. The van der Waals surface area contributed by atoms with Crippen molar-refractivity contribution in [2.24, 2.45) is 5.73 Å². The Hall–Kier alpha value is -0.940. The van der Waals surface area contributed by atoms with Gasteiger partial charge in [0.25, 0.3) is 0 Å². The number of hydrogen-bond donors (Lipinski definition) is 1. The predicted octanol–water partition coefficient (Wildman–Crippen LogP) is 2.50. The molecule has 108 valence electrons. The van der Waals surface area contributed by atoms with E-state index in [0.717, 1.165) is 38.7 Å². The number of nitrogens with two attached hydrogens (primary N) is 1. The molecule has 1 aromatic heterocycles. The molecule has 5 heteroatoms. The first-order valence-corrected chi connectivity index (χ1v) is 7.29. The van der Waals surface area contributed by atoms with Crippen molar-refractivity contribution in [1.29, 1.82) is 0 Å². The zero-order valence-corrected chi connectivity index (χ0v) is 12.2. The lowest BCUT2D eigenvalue weighted by atomic mass is 9.82. The molecule has 2 N–H and O–H groups in total. The Kier molecular flexibility index (Phi) is 4.26. The average Bonchev–Trinajstić information content (AvgIpc) is 2.93. The predicted molar refractivity (Wildman–Crippen MR) is 72.8 cm³/mol. The van der Waals surface area contributed by atoms with Gasteiger partial charge in [-0.15, -0.1) is 0 Å². The lowest BCUT2D eigenvalue weighted by Gasteiger charge is -2.30. The maximum Gasteiger partial charge on any atom is 0.234 e. The fourth-order valence-electron chi connectivity index (χ4n) is 2.69. The fourth-order valence-corrected chi connectivity index (χ4v) is 2.69. The van der Waals surface area contributed by atoms with E-state index in [1.807, 2.05) is 6.92 Å². The Balaban J connectivity index is 2.27. The van der Waals surface area contributed by atoms with Crippen LogP contribution in [-0.4, -0.2) is 23.3 Å². The van der Waals surface area contributed by atoms with Crippen molar-refractivity contribution in [2.75, 3.05) is 13.2 Å². The lowest BCUT2D eigenvalue weighted by Crippen LogP contribution is -2.35. The smallest absolute Gasteiger partial charge is 0.234 e. The molecule has 1 aromatic rings. The van der Waals surface area contributed by atoms with Gasteiger partial charge in [-0.1, -0.05) is 19.0 Å². The van der Waals surface area contributed by atoms with Crippen LogP contribution in [0.5, 0.6) is 0 Å². The fraction of sp³-hybridized carbons (Fsp3) is 0.857. The number of nitrogens with zero attached hydrogens (tertiary/aromatic N) is 2. The van der Waals surface area contributed by atoms with Crippen molar-refractivity contribution in [3.63, 3.8) is 0 Å². The Morgan fingerprint density at radius 2 is 2.05 bits per heavy atom. The van der Waals surface area contributed by atoms with Crippen molar-refractivity contribution >= 4 is 0 Å². The summed E-state index contributed by atoms with van der Waals surface area (Å²) in [4.78, 5) is 4.61. The molecule has 0 aromatic carbocycles. The number of aromatic nitrogens is 2. The molecule has 1 aliphatic rings. The Bertz CT molecular complexity index is 398. The summed E-state index contributed by atoms with van der Waals surface area (Å²) in [5.74, 6) is 1.33. The first-order valence-electron chi connectivity index (χ1n) is 7.29. The van der Waals surface area contributed by atoms with Gasteiger partial charge in [-0.3, -0.25) is 0 Å². The minimum absolute atomic E-state index is 0.198. The molecule has 0 radical (unpaired) electrons. The first kappa shape index (κ1) is 14.5. The van der Waals surface area contributed by atoms with Gasteiger partial charge < -0.3 is 15.0 Å². The normalized spacial score (nSPS) is 24.6. The Morgan fingerprint density at radius 3 is 2.58 bits per heavy atom. The van der Waals surface area contributed by atoms with E-state index in [0.29, 0.717) is 18.3 Å². The van der Waals surface area contributed by atoms with Gasteiger partial charge in [0.2, 0.25) is 11.7 Å². The molecule has 1 unspecified atom stereocenters. The van der Waals surface area contributed by atoms with E-state index in [-0.39, 0.29) is 5.41 Å². The van der Waals surface area contributed by atoms with E-state index < -0.39 is 5.60 Å². The maximum atomic E-state index is 5.92. The highest BCUT2D eigenvalue weighted by atomic mass is 16.5. The third kappa shape index (κ3) is 2.54. The van der Waals surface area contributed by atoms with Crippen LogP contribution in [0.1, 0.15) is 64.6 Å². The molecule has 1 aliphatic heterocycles. The molecule has 0 aliphatic carbocycles. The summed E-state index contributed by atoms with van der Waals surface area (Å²) in [6.07, 6.45) is 5.00. The second-order valence-corrected chi connectivity index (χ2v) is 5.65. The van der Waals surface area contributed by atoms with Gasteiger partial charge in [0.1, 0.15) is 5.60 Å². The van der Waals surface area contributed by atoms with Crippen molar-refractivity contribution in [3.8, 4) is 0 Å². The van der Waals surface area contributed by atoms with Crippen LogP contribution in [0.25, 0.3) is 0 Å². The summed E-state index contributed by atoms with van der Waals surface area (Å²) >= 11 is 0. The van der Waals surface area contributed by atoms with Gasteiger partial charge in [0, 0.05) is 13.2 Å². The van der Waals surface area contributed by atoms with Gasteiger partial charge in [0.05, 0.1) is 5.41 Å². The molecule has 0 saturated carbocycles.